The molecule has 1 N–H and O–H groups in total. The molecule has 0 saturated carbocycles. The van der Waals surface area contributed by atoms with Crippen molar-refractivity contribution >= 4 is 0 Å². The van der Waals surface area contributed by atoms with Gasteiger partial charge in [0.05, 0.1) is 0 Å². The van der Waals surface area contributed by atoms with Crippen LogP contribution in [0, 0.1) is 5.92 Å². The van der Waals surface area contributed by atoms with E-state index < -0.39 is 0 Å². The molecule has 0 aromatic heterocycles. The highest BCUT2D eigenvalue weighted by molar-refractivity contribution is 4.73. The van der Waals surface area contributed by atoms with Gasteiger partial charge in [-0.1, -0.05) is 6.92 Å². The fourth-order valence-electron chi connectivity index (χ4n) is 2.33. The molecule has 1 heterocycles. The van der Waals surface area contributed by atoms with Gasteiger partial charge >= 0.3 is 0 Å². The molecule has 0 unspecified atom stereocenters. The minimum Gasteiger partial charge on any atom is -0.385 e. The lowest BCUT2D eigenvalue weighted by Crippen LogP contribution is -2.38. The maximum absolute atomic E-state index is 5.08. The number of rotatable bonds is 8. The lowest BCUT2D eigenvalue weighted by atomic mass is 9.96. The van der Waals surface area contributed by atoms with Gasteiger partial charge in [0, 0.05) is 20.3 Å². The minimum absolute atomic E-state index is 0.901. The van der Waals surface area contributed by atoms with Crippen LogP contribution in [0.5, 0.6) is 0 Å². The van der Waals surface area contributed by atoms with Gasteiger partial charge in [0.25, 0.3) is 0 Å². The van der Waals surface area contributed by atoms with Gasteiger partial charge in [-0.3, -0.25) is 0 Å². The van der Waals surface area contributed by atoms with E-state index in [1.807, 2.05) is 0 Å². The Morgan fingerprint density at radius 3 is 2.69 bits per heavy atom. The second-order valence-electron chi connectivity index (χ2n) is 4.84. The van der Waals surface area contributed by atoms with Gasteiger partial charge in [-0.05, 0) is 57.8 Å². The maximum Gasteiger partial charge on any atom is 0.0474 e. The highest BCUT2D eigenvalue weighted by Crippen LogP contribution is 2.16. The molecule has 0 radical (unpaired) electrons. The SMILES string of the molecule is CCCNCC1CCN(CCCOC)CC1. The Hall–Kier alpha value is -0.120. The number of hydrogen-bond acceptors (Lipinski definition) is 3. The van der Waals surface area contributed by atoms with Crippen LogP contribution >= 0.6 is 0 Å². The number of piperidine rings is 1. The topological polar surface area (TPSA) is 24.5 Å². The maximum atomic E-state index is 5.08. The predicted octanol–water partition coefficient (Wildman–Crippen LogP) is 1.73. The number of nitrogens with one attached hydrogen (secondary N) is 1. The summed E-state index contributed by atoms with van der Waals surface area (Å²) in [7, 11) is 1.78. The van der Waals surface area contributed by atoms with E-state index in [2.05, 4.69) is 17.1 Å². The van der Waals surface area contributed by atoms with E-state index in [0.29, 0.717) is 0 Å². The van der Waals surface area contributed by atoms with Gasteiger partial charge in [0.15, 0.2) is 0 Å². The van der Waals surface area contributed by atoms with Gasteiger partial charge in [-0.25, -0.2) is 0 Å². The number of nitrogens with zero attached hydrogens (tertiary/aromatic N) is 1. The zero-order valence-corrected chi connectivity index (χ0v) is 11.0. The van der Waals surface area contributed by atoms with Crippen LogP contribution in [-0.4, -0.2) is 51.3 Å². The molecule has 1 rings (SSSR count). The predicted molar refractivity (Wildman–Crippen MR) is 68.8 cm³/mol. The van der Waals surface area contributed by atoms with Gasteiger partial charge in [0.1, 0.15) is 0 Å². The molecular weight excluding hydrogens is 200 g/mol. The average Bonchev–Trinajstić information content (AvgIpc) is 2.32. The van der Waals surface area contributed by atoms with E-state index in [1.165, 1.54) is 58.4 Å². The average molecular weight is 228 g/mol. The second kappa shape index (κ2) is 8.97. The molecule has 3 nitrogen and oxygen atoms in total. The summed E-state index contributed by atoms with van der Waals surface area (Å²) in [6.45, 7) is 9.30. The van der Waals surface area contributed by atoms with Crippen molar-refractivity contribution in [3.05, 3.63) is 0 Å². The highest BCUT2D eigenvalue weighted by Gasteiger charge is 2.17. The third-order valence-electron chi connectivity index (χ3n) is 3.39. The minimum atomic E-state index is 0.901. The Balaban J connectivity index is 2.00. The first-order chi connectivity index (χ1) is 7.86. The summed E-state index contributed by atoms with van der Waals surface area (Å²) in [5, 5.41) is 3.53. The first kappa shape index (κ1) is 13.9. The molecule has 1 aliphatic rings. The van der Waals surface area contributed by atoms with Crippen LogP contribution < -0.4 is 5.32 Å². The number of ether oxygens (including phenoxy) is 1. The summed E-state index contributed by atoms with van der Waals surface area (Å²) >= 11 is 0. The summed E-state index contributed by atoms with van der Waals surface area (Å²) in [4.78, 5) is 2.58. The van der Waals surface area contributed by atoms with Crippen LogP contribution in [0.4, 0.5) is 0 Å². The Kier molecular flexibility index (Phi) is 7.81. The van der Waals surface area contributed by atoms with Crippen molar-refractivity contribution in [2.45, 2.75) is 32.6 Å². The molecule has 1 fully saturated rings. The van der Waals surface area contributed by atoms with Gasteiger partial charge in [-0.2, -0.15) is 0 Å². The normalized spacial score (nSPS) is 19.1. The summed E-state index contributed by atoms with van der Waals surface area (Å²) in [5.74, 6) is 0.908. The third kappa shape index (κ3) is 5.83. The molecule has 0 bridgehead atoms. The Bertz CT molecular complexity index is 138. The fraction of sp³-hybridized carbons (Fsp3) is 1.00. The molecule has 0 spiro atoms. The Labute approximate surface area is 101 Å². The first-order valence-electron chi connectivity index (χ1n) is 6.78. The van der Waals surface area contributed by atoms with Crippen molar-refractivity contribution in [1.82, 2.24) is 10.2 Å². The van der Waals surface area contributed by atoms with Crippen LogP contribution in [0.2, 0.25) is 0 Å². The van der Waals surface area contributed by atoms with Crippen molar-refractivity contribution < 1.29 is 4.74 Å². The smallest absolute Gasteiger partial charge is 0.0474 e. The molecule has 0 atom stereocenters. The zero-order chi connectivity index (χ0) is 11.6. The van der Waals surface area contributed by atoms with Crippen LogP contribution in [0.25, 0.3) is 0 Å². The molecule has 3 heteroatoms. The van der Waals surface area contributed by atoms with Gasteiger partial charge in [0.2, 0.25) is 0 Å². The molecule has 0 amide bonds. The summed E-state index contributed by atoms with van der Waals surface area (Å²) in [6, 6.07) is 0. The quantitative estimate of drug-likeness (QED) is 0.640. The van der Waals surface area contributed by atoms with Crippen LogP contribution in [0.15, 0.2) is 0 Å². The number of hydrogen-bond donors (Lipinski definition) is 1. The van der Waals surface area contributed by atoms with Gasteiger partial charge in [-0.15, -0.1) is 0 Å². The van der Waals surface area contributed by atoms with E-state index in [4.69, 9.17) is 4.74 Å². The number of methoxy groups -OCH3 is 1. The van der Waals surface area contributed by atoms with Crippen molar-refractivity contribution in [1.29, 1.82) is 0 Å². The van der Waals surface area contributed by atoms with Gasteiger partial charge < -0.3 is 15.0 Å². The standard InChI is InChI=1S/C13H28N2O/c1-3-7-14-12-13-5-9-15(10-6-13)8-4-11-16-2/h13-14H,3-12H2,1-2H3. The lowest BCUT2D eigenvalue weighted by Gasteiger charge is -2.32. The summed E-state index contributed by atoms with van der Waals surface area (Å²) in [6.07, 6.45) is 5.15. The van der Waals surface area contributed by atoms with Crippen molar-refractivity contribution in [3.8, 4) is 0 Å². The summed E-state index contributed by atoms with van der Waals surface area (Å²) in [5.41, 5.74) is 0. The third-order valence-corrected chi connectivity index (χ3v) is 3.39. The van der Waals surface area contributed by atoms with Crippen molar-refractivity contribution in [2.75, 3.05) is 46.4 Å². The lowest BCUT2D eigenvalue weighted by molar-refractivity contribution is 0.146. The van der Waals surface area contributed by atoms with E-state index in [9.17, 15) is 0 Å². The molecule has 1 saturated heterocycles. The first-order valence-corrected chi connectivity index (χ1v) is 6.78. The van der Waals surface area contributed by atoms with E-state index in [-0.39, 0.29) is 0 Å². The second-order valence-corrected chi connectivity index (χ2v) is 4.84. The molecule has 16 heavy (non-hydrogen) atoms. The van der Waals surface area contributed by atoms with E-state index in [1.54, 1.807) is 7.11 Å². The monoisotopic (exact) mass is 228 g/mol. The molecule has 1 aliphatic heterocycles. The summed E-state index contributed by atoms with van der Waals surface area (Å²) < 4.78 is 5.08. The van der Waals surface area contributed by atoms with Crippen LogP contribution in [0.3, 0.4) is 0 Å². The Morgan fingerprint density at radius 2 is 2.06 bits per heavy atom. The zero-order valence-electron chi connectivity index (χ0n) is 11.0. The van der Waals surface area contributed by atoms with Crippen molar-refractivity contribution in [3.63, 3.8) is 0 Å². The van der Waals surface area contributed by atoms with E-state index >= 15 is 0 Å². The molecule has 0 aliphatic carbocycles. The van der Waals surface area contributed by atoms with Crippen molar-refractivity contribution in [2.24, 2.45) is 5.92 Å². The molecule has 0 aromatic carbocycles. The largest absolute Gasteiger partial charge is 0.385 e. The Morgan fingerprint density at radius 1 is 1.31 bits per heavy atom. The van der Waals surface area contributed by atoms with Crippen LogP contribution in [0.1, 0.15) is 32.6 Å². The molecular formula is C13H28N2O. The van der Waals surface area contributed by atoms with E-state index in [0.717, 1.165) is 12.5 Å². The van der Waals surface area contributed by atoms with Crippen LogP contribution in [-0.2, 0) is 4.74 Å². The molecule has 96 valence electrons. The fourth-order valence-corrected chi connectivity index (χ4v) is 2.33. The number of likely N-dealkylation sites (tertiary alicyclic amines) is 1. The highest BCUT2D eigenvalue weighted by atomic mass is 16.5. The molecule has 0 aromatic rings.